The van der Waals surface area contributed by atoms with Crippen LogP contribution in [0.5, 0.6) is 0 Å². The molecule has 0 fully saturated rings. The Morgan fingerprint density at radius 3 is 1.00 bits per heavy atom. The Bertz CT molecular complexity index is 252. The molecule has 0 aliphatic carbocycles. The third-order valence-corrected chi connectivity index (χ3v) is 3.41. The first-order valence-electron chi connectivity index (χ1n) is 4.82. The molecule has 0 aliphatic rings. The molecule has 0 heterocycles. The molecule has 0 N–H and O–H groups in total. The largest absolute Gasteiger partial charge is 0.459 e. The van der Waals surface area contributed by atoms with Crippen LogP contribution in [0.15, 0.2) is 0 Å². The van der Waals surface area contributed by atoms with Gasteiger partial charge < -0.3 is 0 Å². The van der Waals surface area contributed by atoms with E-state index in [9.17, 15) is 30.7 Å². The third-order valence-electron chi connectivity index (χ3n) is 3.41. The van der Waals surface area contributed by atoms with E-state index in [-0.39, 0.29) is 0 Å². The van der Waals surface area contributed by atoms with E-state index in [1.807, 2.05) is 0 Å². The van der Waals surface area contributed by atoms with Crippen LogP contribution in [0.1, 0.15) is 34.6 Å². The molecule has 0 aromatic heterocycles. The summed E-state index contributed by atoms with van der Waals surface area (Å²) in [5, 5.41) is 0. The second-order valence-corrected chi connectivity index (χ2v) is 5.52. The van der Waals surface area contributed by atoms with Gasteiger partial charge in [0.1, 0.15) is 0 Å². The van der Waals surface area contributed by atoms with Gasteiger partial charge in [-0.25, -0.2) is 0 Å². The van der Waals surface area contributed by atoms with Crippen molar-refractivity contribution in [2.45, 2.75) is 52.6 Å². The SMILES string of the molecule is CC(C)(C)C(C)(C)C(F)(F)C(F)(F)C(F)(F)F. The van der Waals surface area contributed by atoms with Crippen LogP contribution in [0, 0.1) is 10.8 Å². The van der Waals surface area contributed by atoms with Crippen LogP contribution >= 0.6 is 0 Å². The molecule has 7 heteroatoms. The molecule has 0 amide bonds. The lowest BCUT2D eigenvalue weighted by atomic mass is 9.64. The normalized spacial score (nSPS) is 16.2. The molecule has 0 radical (unpaired) electrons. The zero-order chi connectivity index (χ0) is 14.5. The van der Waals surface area contributed by atoms with Crippen molar-refractivity contribution in [3.63, 3.8) is 0 Å². The minimum absolute atomic E-state index is 0.701. The second-order valence-electron chi connectivity index (χ2n) is 5.52. The average molecular weight is 268 g/mol. The van der Waals surface area contributed by atoms with Crippen LogP contribution < -0.4 is 0 Å². The summed E-state index contributed by atoms with van der Waals surface area (Å²) in [4.78, 5) is 0. The van der Waals surface area contributed by atoms with Gasteiger partial charge in [-0.1, -0.05) is 34.6 Å². The van der Waals surface area contributed by atoms with Gasteiger partial charge >= 0.3 is 18.0 Å². The predicted molar refractivity (Wildman–Crippen MR) is 49.2 cm³/mol. The van der Waals surface area contributed by atoms with E-state index < -0.39 is 28.9 Å². The highest BCUT2D eigenvalue weighted by molar-refractivity contribution is 5.04. The molecular formula is C10H15F7. The number of alkyl halides is 7. The van der Waals surface area contributed by atoms with Gasteiger partial charge in [0, 0.05) is 5.41 Å². The average Bonchev–Trinajstić information content (AvgIpc) is 1.98. The highest BCUT2D eigenvalue weighted by Crippen LogP contribution is 2.59. The standard InChI is InChI=1S/C10H15F7/c1-6(2,3)7(4,5)8(11,12)9(13,14)10(15,16)17/h1-5H3. The van der Waals surface area contributed by atoms with Crippen molar-refractivity contribution in [3.8, 4) is 0 Å². The van der Waals surface area contributed by atoms with Crippen LogP contribution in [-0.2, 0) is 0 Å². The Labute approximate surface area is 95.2 Å². The summed E-state index contributed by atoms with van der Waals surface area (Å²) >= 11 is 0. The number of hydrogen-bond donors (Lipinski definition) is 0. The fourth-order valence-electron chi connectivity index (χ4n) is 1.04. The molecule has 0 saturated heterocycles. The maximum absolute atomic E-state index is 13.5. The molecular weight excluding hydrogens is 253 g/mol. The van der Waals surface area contributed by atoms with Crippen molar-refractivity contribution in [1.29, 1.82) is 0 Å². The fourth-order valence-corrected chi connectivity index (χ4v) is 1.04. The van der Waals surface area contributed by atoms with Crippen LogP contribution in [0.3, 0.4) is 0 Å². The van der Waals surface area contributed by atoms with Gasteiger partial charge in [-0.15, -0.1) is 0 Å². The van der Waals surface area contributed by atoms with E-state index in [1.165, 1.54) is 20.8 Å². The Balaban J connectivity index is 5.73. The Kier molecular flexibility index (Phi) is 3.64. The van der Waals surface area contributed by atoms with Crippen molar-refractivity contribution < 1.29 is 30.7 Å². The minimum Gasteiger partial charge on any atom is -0.199 e. The molecule has 0 unspecified atom stereocenters. The van der Waals surface area contributed by atoms with Gasteiger partial charge in [-0.05, 0) is 5.41 Å². The highest BCUT2D eigenvalue weighted by atomic mass is 19.4. The van der Waals surface area contributed by atoms with E-state index in [2.05, 4.69) is 0 Å². The first-order chi connectivity index (χ1) is 7.00. The van der Waals surface area contributed by atoms with Gasteiger partial charge in [0.15, 0.2) is 0 Å². The summed E-state index contributed by atoms with van der Waals surface area (Å²) in [6, 6.07) is 0. The molecule has 0 bridgehead atoms. The molecule has 0 aromatic carbocycles. The Morgan fingerprint density at radius 1 is 0.529 bits per heavy atom. The van der Waals surface area contributed by atoms with Crippen molar-refractivity contribution in [3.05, 3.63) is 0 Å². The molecule has 0 saturated carbocycles. The molecule has 0 spiro atoms. The van der Waals surface area contributed by atoms with E-state index in [0.717, 1.165) is 0 Å². The van der Waals surface area contributed by atoms with Gasteiger partial charge in [0.25, 0.3) is 0 Å². The molecule has 0 atom stereocenters. The van der Waals surface area contributed by atoms with Gasteiger partial charge in [0.2, 0.25) is 0 Å². The van der Waals surface area contributed by atoms with Crippen LogP contribution in [-0.4, -0.2) is 18.0 Å². The Hall–Kier alpha value is -0.490. The van der Waals surface area contributed by atoms with Crippen molar-refractivity contribution in [2.75, 3.05) is 0 Å². The first-order valence-corrected chi connectivity index (χ1v) is 4.82. The molecule has 0 rings (SSSR count). The van der Waals surface area contributed by atoms with Crippen molar-refractivity contribution in [2.24, 2.45) is 10.8 Å². The summed E-state index contributed by atoms with van der Waals surface area (Å²) in [6.07, 6.45) is -6.28. The lowest BCUT2D eigenvalue weighted by molar-refractivity contribution is -0.385. The third kappa shape index (κ3) is 2.25. The lowest BCUT2D eigenvalue weighted by Crippen LogP contribution is -2.62. The number of rotatable bonds is 2. The quantitative estimate of drug-likeness (QED) is 0.625. The van der Waals surface area contributed by atoms with Crippen LogP contribution in [0.4, 0.5) is 30.7 Å². The molecule has 104 valence electrons. The minimum atomic E-state index is -6.28. The lowest BCUT2D eigenvalue weighted by Gasteiger charge is -2.47. The van der Waals surface area contributed by atoms with Crippen LogP contribution in [0.2, 0.25) is 0 Å². The zero-order valence-corrected chi connectivity index (χ0v) is 10.1. The predicted octanol–water partition coefficient (Wildman–Crippen LogP) is 4.89. The smallest absolute Gasteiger partial charge is 0.199 e. The monoisotopic (exact) mass is 268 g/mol. The van der Waals surface area contributed by atoms with Gasteiger partial charge in [-0.2, -0.15) is 30.7 Å². The summed E-state index contributed by atoms with van der Waals surface area (Å²) in [5.74, 6) is -11.3. The maximum atomic E-state index is 13.5. The molecule has 0 aromatic rings. The summed E-state index contributed by atoms with van der Waals surface area (Å²) in [5.41, 5.74) is -3.95. The van der Waals surface area contributed by atoms with Gasteiger partial charge in [-0.3, -0.25) is 0 Å². The topological polar surface area (TPSA) is 0 Å². The van der Waals surface area contributed by atoms with Crippen molar-refractivity contribution in [1.82, 2.24) is 0 Å². The highest BCUT2D eigenvalue weighted by Gasteiger charge is 2.78. The molecule has 0 nitrogen and oxygen atoms in total. The van der Waals surface area contributed by atoms with E-state index in [4.69, 9.17) is 0 Å². The van der Waals surface area contributed by atoms with Gasteiger partial charge in [0.05, 0.1) is 0 Å². The molecule has 17 heavy (non-hydrogen) atoms. The Morgan fingerprint density at radius 2 is 0.824 bits per heavy atom. The summed E-state index contributed by atoms with van der Waals surface area (Å²) < 4.78 is 88.8. The molecule has 0 aliphatic heterocycles. The summed E-state index contributed by atoms with van der Waals surface area (Å²) in [7, 11) is 0. The van der Waals surface area contributed by atoms with E-state index >= 15 is 0 Å². The second kappa shape index (κ2) is 3.75. The zero-order valence-electron chi connectivity index (χ0n) is 10.1. The van der Waals surface area contributed by atoms with Crippen molar-refractivity contribution >= 4 is 0 Å². The van der Waals surface area contributed by atoms with E-state index in [0.29, 0.717) is 13.8 Å². The van der Waals surface area contributed by atoms with E-state index in [1.54, 1.807) is 0 Å². The number of halogens is 7. The summed E-state index contributed by atoms with van der Waals surface area (Å²) in [6.45, 7) is 4.97. The first kappa shape index (κ1) is 16.5. The maximum Gasteiger partial charge on any atom is 0.459 e. The number of hydrogen-bond acceptors (Lipinski definition) is 0. The fraction of sp³-hybridized carbons (Fsp3) is 1.00. The van der Waals surface area contributed by atoms with Crippen LogP contribution in [0.25, 0.3) is 0 Å².